The average Bonchev–Trinajstić information content (AvgIpc) is 1.64. The largest absolute Gasteiger partial charge is 0.508 e. The maximum absolute atomic E-state index is 12.1. The summed E-state index contributed by atoms with van der Waals surface area (Å²) in [4.78, 5) is 0. The first kappa shape index (κ1) is 5.35. The number of halogens is 1. The summed E-state index contributed by atoms with van der Waals surface area (Å²) in [5, 5.41) is 8.61. The first-order valence-electron chi connectivity index (χ1n) is 2.50. The molecule has 0 saturated heterocycles. The van der Waals surface area contributed by atoms with Crippen LogP contribution >= 0.6 is 0 Å². The summed E-state index contributed by atoms with van der Waals surface area (Å²) in [6, 6.07) is 0. The normalized spacial score (nSPS) is 27.6. The van der Waals surface area contributed by atoms with E-state index < -0.39 is 6.17 Å². The van der Waals surface area contributed by atoms with Crippen LogP contribution in [-0.2, 0) is 0 Å². The first-order valence-corrected chi connectivity index (χ1v) is 2.50. The molecule has 8 heavy (non-hydrogen) atoms. The van der Waals surface area contributed by atoms with Crippen LogP contribution in [0.4, 0.5) is 4.39 Å². The minimum atomic E-state index is -0.986. The highest BCUT2D eigenvalue weighted by Crippen LogP contribution is 2.10. The van der Waals surface area contributed by atoms with Crippen molar-refractivity contribution in [1.82, 2.24) is 0 Å². The summed E-state index contributed by atoms with van der Waals surface area (Å²) in [7, 11) is 0. The standard InChI is InChI=1S/C6H7FO/c7-5-2-1-3-6(8)4-5/h1,3-5,8H,2H2. The Balaban J connectivity index is 2.63. The van der Waals surface area contributed by atoms with Gasteiger partial charge in [-0.1, -0.05) is 6.08 Å². The van der Waals surface area contributed by atoms with Crippen LogP contribution < -0.4 is 0 Å². The molecule has 44 valence electrons. The van der Waals surface area contributed by atoms with Crippen molar-refractivity contribution >= 4 is 0 Å². The maximum atomic E-state index is 12.1. The lowest BCUT2D eigenvalue weighted by Crippen LogP contribution is -1.98. The van der Waals surface area contributed by atoms with Crippen LogP contribution in [0.15, 0.2) is 24.0 Å². The fraction of sp³-hybridized carbons (Fsp3) is 0.333. The van der Waals surface area contributed by atoms with E-state index in [4.69, 9.17) is 5.11 Å². The average molecular weight is 114 g/mol. The minimum Gasteiger partial charge on any atom is -0.508 e. The molecule has 1 N–H and O–H groups in total. The highest BCUT2D eigenvalue weighted by molar-refractivity contribution is 5.17. The van der Waals surface area contributed by atoms with Crippen molar-refractivity contribution in [1.29, 1.82) is 0 Å². The molecule has 0 fully saturated rings. The Morgan fingerprint density at radius 1 is 1.75 bits per heavy atom. The molecule has 0 aromatic rings. The van der Waals surface area contributed by atoms with E-state index in [-0.39, 0.29) is 5.76 Å². The number of allylic oxidation sites excluding steroid dienone is 3. The molecule has 0 spiro atoms. The molecule has 0 aliphatic heterocycles. The van der Waals surface area contributed by atoms with Gasteiger partial charge in [0.25, 0.3) is 0 Å². The van der Waals surface area contributed by atoms with Crippen molar-refractivity contribution in [3.8, 4) is 0 Å². The van der Waals surface area contributed by atoms with Gasteiger partial charge in [0.1, 0.15) is 11.9 Å². The zero-order valence-electron chi connectivity index (χ0n) is 4.34. The molecule has 0 heterocycles. The molecule has 1 atom stereocenters. The van der Waals surface area contributed by atoms with Crippen LogP contribution in [0.1, 0.15) is 6.42 Å². The van der Waals surface area contributed by atoms with Crippen LogP contribution in [-0.4, -0.2) is 11.3 Å². The van der Waals surface area contributed by atoms with Crippen LogP contribution in [0.25, 0.3) is 0 Å². The Hall–Kier alpha value is -0.790. The fourth-order valence-corrected chi connectivity index (χ4v) is 0.628. The molecule has 1 nitrogen and oxygen atoms in total. The van der Waals surface area contributed by atoms with E-state index in [1.54, 1.807) is 6.08 Å². The number of alkyl halides is 1. The predicted octanol–water partition coefficient (Wildman–Crippen LogP) is 1.73. The smallest absolute Gasteiger partial charge is 0.125 e. The maximum Gasteiger partial charge on any atom is 0.125 e. The molecule has 0 bridgehead atoms. The number of rotatable bonds is 0. The first-order chi connectivity index (χ1) is 3.79. The SMILES string of the molecule is OC1=CC(F)CC=C1. The summed E-state index contributed by atoms with van der Waals surface area (Å²) >= 11 is 0. The van der Waals surface area contributed by atoms with Crippen molar-refractivity contribution < 1.29 is 9.50 Å². The minimum absolute atomic E-state index is 0.0313. The second-order valence-electron chi connectivity index (χ2n) is 1.75. The molecule has 2 heteroatoms. The lowest BCUT2D eigenvalue weighted by atomic mass is 10.1. The zero-order valence-corrected chi connectivity index (χ0v) is 4.34. The summed E-state index contributed by atoms with van der Waals surface area (Å²) in [6.45, 7) is 0. The molecule has 0 amide bonds. The van der Waals surface area contributed by atoms with Crippen LogP contribution in [0, 0.1) is 0 Å². The Bertz CT molecular complexity index is 137. The van der Waals surface area contributed by atoms with Crippen molar-refractivity contribution in [2.24, 2.45) is 0 Å². The van der Waals surface area contributed by atoms with Gasteiger partial charge in [0.05, 0.1) is 0 Å². The Kier molecular flexibility index (Phi) is 1.33. The third-order valence-corrected chi connectivity index (χ3v) is 1.00. The Morgan fingerprint density at radius 3 is 2.88 bits per heavy atom. The quantitative estimate of drug-likeness (QED) is 0.508. The lowest BCUT2D eigenvalue weighted by Gasteiger charge is -2.02. The van der Waals surface area contributed by atoms with Gasteiger partial charge in [-0.3, -0.25) is 0 Å². The molecular formula is C6H7FO. The highest BCUT2D eigenvalue weighted by atomic mass is 19.1. The molecule has 1 aliphatic rings. The molecule has 0 radical (unpaired) electrons. The molecule has 0 saturated carbocycles. The van der Waals surface area contributed by atoms with Gasteiger partial charge in [-0.25, -0.2) is 4.39 Å². The summed E-state index contributed by atoms with van der Waals surface area (Å²) in [5.41, 5.74) is 0. The summed E-state index contributed by atoms with van der Waals surface area (Å²) in [5.74, 6) is 0.0313. The topological polar surface area (TPSA) is 20.2 Å². The second-order valence-corrected chi connectivity index (χ2v) is 1.75. The molecule has 1 unspecified atom stereocenters. The molecule has 1 aliphatic carbocycles. The van der Waals surface area contributed by atoms with Gasteiger partial charge in [0, 0.05) is 6.42 Å². The van der Waals surface area contributed by atoms with Gasteiger partial charge in [0.15, 0.2) is 0 Å². The molecule has 0 aromatic carbocycles. The van der Waals surface area contributed by atoms with Gasteiger partial charge in [-0.15, -0.1) is 0 Å². The van der Waals surface area contributed by atoms with Crippen molar-refractivity contribution in [3.05, 3.63) is 24.0 Å². The highest BCUT2D eigenvalue weighted by Gasteiger charge is 2.04. The van der Waals surface area contributed by atoms with Crippen LogP contribution in [0.2, 0.25) is 0 Å². The number of aliphatic hydroxyl groups excluding tert-OH is 1. The van der Waals surface area contributed by atoms with Crippen LogP contribution in [0.5, 0.6) is 0 Å². The van der Waals surface area contributed by atoms with E-state index >= 15 is 0 Å². The summed E-state index contributed by atoms with van der Waals surface area (Å²) < 4.78 is 12.1. The number of aliphatic hydroxyl groups is 1. The zero-order chi connectivity index (χ0) is 5.98. The van der Waals surface area contributed by atoms with Gasteiger partial charge in [0.2, 0.25) is 0 Å². The van der Waals surface area contributed by atoms with E-state index in [0.29, 0.717) is 6.42 Å². The monoisotopic (exact) mass is 114 g/mol. The van der Waals surface area contributed by atoms with E-state index in [0.717, 1.165) is 0 Å². The van der Waals surface area contributed by atoms with E-state index in [1.807, 2.05) is 0 Å². The molecular weight excluding hydrogens is 107 g/mol. The Morgan fingerprint density at radius 2 is 2.50 bits per heavy atom. The molecule has 0 aromatic heterocycles. The van der Waals surface area contributed by atoms with Gasteiger partial charge >= 0.3 is 0 Å². The van der Waals surface area contributed by atoms with Gasteiger partial charge in [-0.2, -0.15) is 0 Å². The van der Waals surface area contributed by atoms with Crippen LogP contribution in [0.3, 0.4) is 0 Å². The van der Waals surface area contributed by atoms with Gasteiger partial charge < -0.3 is 5.11 Å². The number of hydrogen-bond donors (Lipinski definition) is 1. The Labute approximate surface area is 47.1 Å². The lowest BCUT2D eigenvalue weighted by molar-refractivity contribution is 0.366. The fourth-order valence-electron chi connectivity index (χ4n) is 0.628. The third kappa shape index (κ3) is 1.09. The second kappa shape index (κ2) is 1.99. The van der Waals surface area contributed by atoms with Crippen molar-refractivity contribution in [3.63, 3.8) is 0 Å². The van der Waals surface area contributed by atoms with Crippen molar-refractivity contribution in [2.45, 2.75) is 12.6 Å². The number of hydrogen-bond acceptors (Lipinski definition) is 1. The van der Waals surface area contributed by atoms with E-state index in [2.05, 4.69) is 0 Å². The van der Waals surface area contributed by atoms with Gasteiger partial charge in [-0.05, 0) is 12.2 Å². The van der Waals surface area contributed by atoms with E-state index in [9.17, 15) is 4.39 Å². The predicted molar refractivity (Wildman–Crippen MR) is 29.4 cm³/mol. The third-order valence-electron chi connectivity index (χ3n) is 1.00. The van der Waals surface area contributed by atoms with E-state index in [1.165, 1.54) is 12.2 Å². The van der Waals surface area contributed by atoms with Crippen molar-refractivity contribution in [2.75, 3.05) is 0 Å². The molecule has 1 rings (SSSR count). The summed E-state index contributed by atoms with van der Waals surface area (Å²) in [6.07, 6.45) is 3.71.